The highest BCUT2D eigenvalue weighted by Crippen LogP contribution is 2.25. The number of rotatable bonds is 4. The van der Waals surface area contributed by atoms with Gasteiger partial charge >= 0.3 is 13.8 Å². The first-order valence-corrected chi connectivity index (χ1v) is 6.39. The van der Waals surface area contributed by atoms with Crippen molar-refractivity contribution in [2.24, 2.45) is 0 Å². The highest BCUT2D eigenvalue weighted by atomic mass is 31.2. The van der Waals surface area contributed by atoms with Crippen molar-refractivity contribution >= 4 is 13.8 Å². The molecule has 0 bridgehead atoms. The van der Waals surface area contributed by atoms with Crippen molar-refractivity contribution in [2.75, 3.05) is 0 Å². The molecule has 0 saturated heterocycles. The van der Waals surface area contributed by atoms with Gasteiger partial charge in [-0.05, 0) is 5.56 Å². The predicted octanol–water partition coefficient (Wildman–Crippen LogP) is -0.166. The number of hydrogen-bond donors (Lipinski definition) is 6. The van der Waals surface area contributed by atoms with Crippen LogP contribution >= 0.6 is 7.82 Å². The Morgan fingerprint density at radius 2 is 1.58 bits per heavy atom. The second-order valence-corrected chi connectivity index (χ2v) is 4.40. The number of carbonyl (C=O) groups is 1. The van der Waals surface area contributed by atoms with E-state index in [-0.39, 0.29) is 11.6 Å². The zero-order valence-electron chi connectivity index (χ0n) is 9.57. The lowest BCUT2D eigenvalue weighted by atomic mass is 10.1. The van der Waals surface area contributed by atoms with Crippen LogP contribution in [0.1, 0.15) is 5.56 Å². The lowest BCUT2D eigenvalue weighted by Crippen LogP contribution is -2.38. The van der Waals surface area contributed by atoms with E-state index in [9.17, 15) is 4.79 Å². The fourth-order valence-electron chi connectivity index (χ4n) is 1.11. The number of nitrogens with zero attached hydrogens (tertiary/aromatic N) is 1. The van der Waals surface area contributed by atoms with Crippen LogP contribution in [0, 0.1) is 0 Å². The van der Waals surface area contributed by atoms with Crippen LogP contribution in [0.25, 0.3) is 0 Å². The summed E-state index contributed by atoms with van der Waals surface area (Å²) in [4.78, 5) is 32.1. The van der Waals surface area contributed by atoms with Crippen molar-refractivity contribution < 1.29 is 39.6 Å². The molecule has 0 aliphatic carbocycles. The Labute approximate surface area is 108 Å². The maximum Gasteiger partial charge on any atom is 0.466 e. The van der Waals surface area contributed by atoms with Gasteiger partial charge in [0.2, 0.25) is 0 Å². The summed E-state index contributed by atoms with van der Waals surface area (Å²) in [5.41, 5.74) is 0.730. The number of benzene rings is 1. The molecule has 0 aromatic heterocycles. The van der Waals surface area contributed by atoms with E-state index in [2.05, 4.69) is 0 Å². The van der Waals surface area contributed by atoms with Crippen LogP contribution in [-0.4, -0.2) is 47.4 Å². The van der Waals surface area contributed by atoms with E-state index in [4.69, 9.17) is 34.8 Å². The molecule has 0 heterocycles. The van der Waals surface area contributed by atoms with Crippen LogP contribution in [0.4, 0.5) is 0 Å². The molecule has 1 unspecified atom stereocenters. The molecule has 9 nitrogen and oxygen atoms in total. The first-order chi connectivity index (χ1) is 8.61. The summed E-state index contributed by atoms with van der Waals surface area (Å²) < 4.78 is 8.88. The third-order valence-electron chi connectivity index (χ3n) is 1.84. The van der Waals surface area contributed by atoms with Crippen LogP contribution in [0.2, 0.25) is 0 Å². The number of carboxylic acid groups (broad SMARTS) is 1. The number of aliphatic carboxylic acids is 1. The second-order valence-electron chi connectivity index (χ2n) is 3.38. The van der Waals surface area contributed by atoms with Gasteiger partial charge in [0, 0.05) is 6.42 Å². The fourth-order valence-corrected chi connectivity index (χ4v) is 1.11. The van der Waals surface area contributed by atoms with E-state index in [1.54, 1.807) is 30.3 Å². The summed E-state index contributed by atoms with van der Waals surface area (Å²) in [6.07, 6.45) is 0.0448. The molecule has 0 spiro atoms. The third kappa shape index (κ3) is 10.3. The maximum absolute atomic E-state index is 10.6. The zero-order chi connectivity index (χ0) is 15.1. The Morgan fingerprint density at radius 3 is 1.89 bits per heavy atom. The first kappa shape index (κ1) is 17.7. The number of hydroxylamine groups is 2. The van der Waals surface area contributed by atoms with E-state index in [1.807, 2.05) is 0 Å². The van der Waals surface area contributed by atoms with Gasteiger partial charge < -0.3 is 19.8 Å². The normalized spacial score (nSPS) is 12.5. The summed E-state index contributed by atoms with van der Waals surface area (Å²) >= 11 is 0. The van der Waals surface area contributed by atoms with E-state index < -0.39 is 19.8 Å². The molecule has 1 aromatic carbocycles. The van der Waals surface area contributed by atoms with E-state index in [1.165, 1.54) is 0 Å². The van der Waals surface area contributed by atoms with Crippen molar-refractivity contribution in [3.63, 3.8) is 0 Å². The quantitative estimate of drug-likeness (QED) is 0.327. The first-order valence-electron chi connectivity index (χ1n) is 4.83. The van der Waals surface area contributed by atoms with E-state index in [0.29, 0.717) is 0 Å². The Morgan fingerprint density at radius 1 is 1.16 bits per heavy atom. The molecular weight excluding hydrogens is 281 g/mol. The second kappa shape index (κ2) is 7.97. The minimum atomic E-state index is -4.64. The van der Waals surface area contributed by atoms with Crippen LogP contribution in [-0.2, 0) is 15.8 Å². The molecule has 1 rings (SSSR count). The number of hydrogen-bond acceptors (Lipinski definition) is 5. The minimum absolute atomic E-state index is 0.0448. The molecule has 108 valence electrons. The molecule has 10 heteroatoms. The topological polar surface area (TPSA) is 159 Å². The molecule has 6 N–H and O–H groups in total. The fraction of sp³-hybridized carbons (Fsp3) is 0.222. The van der Waals surface area contributed by atoms with Crippen molar-refractivity contribution in [1.82, 2.24) is 5.23 Å². The molecule has 19 heavy (non-hydrogen) atoms. The zero-order valence-corrected chi connectivity index (χ0v) is 10.5. The lowest BCUT2D eigenvalue weighted by Gasteiger charge is -2.15. The summed E-state index contributed by atoms with van der Waals surface area (Å²) in [6, 6.07) is 7.42. The molecule has 0 saturated carbocycles. The average molecular weight is 295 g/mol. The molecular formula is C9H14NO8P. The minimum Gasteiger partial charge on any atom is -0.480 e. The lowest BCUT2D eigenvalue weighted by molar-refractivity contribution is -0.327. The third-order valence-corrected chi connectivity index (χ3v) is 1.84. The SMILES string of the molecule is O=C(O)C(Cc1ccccc1)N(O)O.O=P(O)(O)O. The molecule has 0 radical (unpaired) electrons. The highest BCUT2D eigenvalue weighted by molar-refractivity contribution is 7.45. The number of phosphoric acid groups is 1. The Balaban J connectivity index is 0.000000555. The molecule has 0 amide bonds. The Kier molecular flexibility index (Phi) is 7.42. The summed E-state index contributed by atoms with van der Waals surface area (Å²) in [5, 5.41) is 25.7. The molecule has 1 atom stereocenters. The van der Waals surface area contributed by atoms with Gasteiger partial charge in [0.25, 0.3) is 0 Å². The average Bonchev–Trinajstić information content (AvgIpc) is 2.24. The van der Waals surface area contributed by atoms with Gasteiger partial charge in [0.15, 0.2) is 6.04 Å². The smallest absolute Gasteiger partial charge is 0.466 e. The van der Waals surface area contributed by atoms with E-state index in [0.717, 1.165) is 5.56 Å². The van der Waals surface area contributed by atoms with E-state index >= 15 is 0 Å². The van der Waals surface area contributed by atoms with Crippen molar-refractivity contribution in [2.45, 2.75) is 12.5 Å². The monoisotopic (exact) mass is 295 g/mol. The number of carboxylic acids is 1. The Hall–Kier alpha value is -1.32. The van der Waals surface area contributed by atoms with Crippen molar-refractivity contribution in [3.05, 3.63) is 35.9 Å². The van der Waals surface area contributed by atoms with Crippen LogP contribution in [0.15, 0.2) is 30.3 Å². The van der Waals surface area contributed by atoms with Gasteiger partial charge in [-0.2, -0.15) is 0 Å². The largest absolute Gasteiger partial charge is 0.480 e. The van der Waals surface area contributed by atoms with Gasteiger partial charge in [-0.25, -0.2) is 4.57 Å². The predicted molar refractivity (Wildman–Crippen MR) is 61.2 cm³/mol. The highest BCUT2D eigenvalue weighted by Gasteiger charge is 2.23. The standard InChI is InChI=1S/C9H11NO4.H3O4P/c11-9(12)8(10(13)14)6-7-4-2-1-3-5-7;1-5(2,3)4/h1-5,8,13-14H,6H2,(H,11,12);(H3,1,2,3,4). The molecule has 1 aromatic rings. The molecule has 0 fully saturated rings. The van der Waals surface area contributed by atoms with Gasteiger partial charge in [0.05, 0.1) is 0 Å². The van der Waals surface area contributed by atoms with Crippen LogP contribution in [0.3, 0.4) is 0 Å². The summed E-state index contributed by atoms with van der Waals surface area (Å²) in [7, 11) is -4.64. The molecule has 0 aliphatic heterocycles. The van der Waals surface area contributed by atoms with Crippen LogP contribution < -0.4 is 0 Å². The summed E-state index contributed by atoms with van der Waals surface area (Å²) in [5.74, 6) is -1.28. The van der Waals surface area contributed by atoms with Gasteiger partial charge in [0.1, 0.15) is 0 Å². The summed E-state index contributed by atoms with van der Waals surface area (Å²) in [6.45, 7) is 0. The molecule has 0 aliphatic rings. The Bertz CT molecular complexity index is 423. The van der Waals surface area contributed by atoms with Crippen molar-refractivity contribution in [3.8, 4) is 0 Å². The van der Waals surface area contributed by atoms with Gasteiger partial charge in [-0.1, -0.05) is 35.6 Å². The van der Waals surface area contributed by atoms with Gasteiger partial charge in [-0.3, -0.25) is 15.2 Å². The van der Waals surface area contributed by atoms with Crippen molar-refractivity contribution in [1.29, 1.82) is 0 Å². The van der Waals surface area contributed by atoms with Crippen LogP contribution in [0.5, 0.6) is 0 Å². The maximum atomic E-state index is 10.6. The van der Waals surface area contributed by atoms with Gasteiger partial charge in [-0.15, -0.1) is 0 Å².